The van der Waals surface area contributed by atoms with Gasteiger partial charge in [0.2, 0.25) is 5.91 Å². The molecule has 7 nitrogen and oxygen atoms in total. The molecule has 4 aromatic rings. The number of hydrogen-bond donors (Lipinski definition) is 1. The first-order valence-electron chi connectivity index (χ1n) is 20.4. The first-order valence-corrected chi connectivity index (χ1v) is 21.5. The highest BCUT2D eigenvalue weighted by Gasteiger charge is 2.27. The number of unbranched alkanes of at least 4 members (excludes halogenated alkanes) is 9. The zero-order chi connectivity index (χ0) is 39.0. The van der Waals surface area contributed by atoms with E-state index >= 15 is 0 Å². The molecule has 3 aromatic carbocycles. The molecule has 1 saturated heterocycles. The Morgan fingerprint density at radius 1 is 0.800 bits per heavy atom. The number of carbonyl (C=O) groups is 2. The molecule has 1 fully saturated rings. The Morgan fingerprint density at radius 3 is 2.05 bits per heavy atom. The van der Waals surface area contributed by atoms with E-state index in [2.05, 4.69) is 45.4 Å². The van der Waals surface area contributed by atoms with Crippen LogP contribution in [0.5, 0.6) is 0 Å². The number of nitrogens with one attached hydrogen (secondary N) is 1. The van der Waals surface area contributed by atoms with Gasteiger partial charge in [0.05, 0.1) is 16.4 Å². The van der Waals surface area contributed by atoms with Gasteiger partial charge in [-0.05, 0) is 74.9 Å². The van der Waals surface area contributed by atoms with Crippen LogP contribution < -0.4 is 5.32 Å². The summed E-state index contributed by atoms with van der Waals surface area (Å²) in [4.78, 5) is 31.0. The van der Waals surface area contributed by atoms with Crippen molar-refractivity contribution >= 4 is 46.6 Å². The zero-order valence-electron chi connectivity index (χ0n) is 32.7. The van der Waals surface area contributed by atoms with Gasteiger partial charge < -0.3 is 15.1 Å². The molecule has 1 N–H and O–H groups in total. The monoisotopic (exact) mass is 805 g/mol. The lowest BCUT2D eigenvalue weighted by molar-refractivity contribution is -0.134. The molecule has 0 radical (unpaired) electrons. The summed E-state index contributed by atoms with van der Waals surface area (Å²) in [7, 11) is 0. The van der Waals surface area contributed by atoms with Crippen LogP contribution >= 0.6 is 34.8 Å². The molecule has 0 aliphatic carbocycles. The van der Waals surface area contributed by atoms with Gasteiger partial charge in [0.25, 0.3) is 5.91 Å². The minimum absolute atomic E-state index is 0.196. The van der Waals surface area contributed by atoms with Crippen LogP contribution in [0, 0.1) is 6.92 Å². The summed E-state index contributed by atoms with van der Waals surface area (Å²) < 4.78 is 1.72. The topological polar surface area (TPSA) is 70.5 Å². The van der Waals surface area contributed by atoms with Crippen molar-refractivity contribution in [2.75, 3.05) is 32.7 Å². The fourth-order valence-electron chi connectivity index (χ4n) is 7.69. The van der Waals surface area contributed by atoms with Crippen LogP contribution in [-0.4, -0.2) is 70.2 Å². The van der Waals surface area contributed by atoms with Crippen molar-refractivity contribution in [3.63, 3.8) is 0 Å². The van der Waals surface area contributed by atoms with Gasteiger partial charge in [0, 0.05) is 66.4 Å². The number of nitrogens with zero attached hydrogens (tertiary/aromatic N) is 4. The lowest BCUT2D eigenvalue weighted by Gasteiger charge is -2.38. The van der Waals surface area contributed by atoms with Crippen LogP contribution in [0.15, 0.2) is 72.8 Å². The van der Waals surface area contributed by atoms with E-state index in [1.54, 1.807) is 16.8 Å². The summed E-state index contributed by atoms with van der Waals surface area (Å²) in [5, 5.41) is 9.41. The van der Waals surface area contributed by atoms with Crippen LogP contribution in [0.25, 0.3) is 16.9 Å². The molecular weight excluding hydrogens is 749 g/mol. The summed E-state index contributed by atoms with van der Waals surface area (Å²) in [6.07, 6.45) is 15.5. The number of aromatic nitrogens is 2. The molecule has 0 atom stereocenters. The van der Waals surface area contributed by atoms with E-state index in [4.69, 9.17) is 39.9 Å². The SMILES string of the molecule is CCC(=O)N(CCCCCCCCCCCCNC(=O)c1nn(-c2ccc(Cl)cc2Cl)c(-c2ccc(Cl)cc2)c1C)C1CCN(CCc2ccccc2)CC1. The van der Waals surface area contributed by atoms with Crippen LogP contribution in [0.4, 0.5) is 0 Å². The van der Waals surface area contributed by atoms with Gasteiger partial charge in [0.15, 0.2) is 5.69 Å². The van der Waals surface area contributed by atoms with Crippen molar-refractivity contribution in [2.24, 2.45) is 0 Å². The standard InChI is InChI=1S/C45H58Cl3N5O2/c1-3-42(54)52(39-26-31-51(32-27-39)30-25-35-17-13-12-14-18-35)29-16-11-9-7-5-4-6-8-10-15-28-49-45(55)43-34(2)44(36-19-21-37(46)22-20-36)53(50-43)41-24-23-38(47)33-40(41)48/h12-14,17-24,33,39H,3-11,15-16,25-32H2,1-2H3,(H,49,55). The molecular formula is C45H58Cl3N5O2. The van der Waals surface area contributed by atoms with Gasteiger partial charge in [-0.1, -0.05) is 136 Å². The van der Waals surface area contributed by atoms with Gasteiger partial charge >= 0.3 is 0 Å². The second-order valence-electron chi connectivity index (χ2n) is 14.9. The second-order valence-corrected chi connectivity index (χ2v) is 16.2. The van der Waals surface area contributed by atoms with Gasteiger partial charge in [0.1, 0.15) is 0 Å². The van der Waals surface area contributed by atoms with Crippen molar-refractivity contribution in [1.29, 1.82) is 0 Å². The Kier molecular flexibility index (Phi) is 17.4. The number of likely N-dealkylation sites (tertiary alicyclic amines) is 1. The largest absolute Gasteiger partial charge is 0.351 e. The highest BCUT2D eigenvalue weighted by Crippen LogP contribution is 2.33. The van der Waals surface area contributed by atoms with Crippen LogP contribution in [-0.2, 0) is 11.2 Å². The van der Waals surface area contributed by atoms with Gasteiger partial charge in [-0.15, -0.1) is 0 Å². The van der Waals surface area contributed by atoms with Gasteiger partial charge in [-0.2, -0.15) is 5.10 Å². The lowest BCUT2D eigenvalue weighted by Crippen LogP contribution is -2.48. The van der Waals surface area contributed by atoms with Crippen LogP contribution in [0.1, 0.15) is 112 Å². The van der Waals surface area contributed by atoms with Crippen molar-refractivity contribution in [3.05, 3.63) is 105 Å². The van der Waals surface area contributed by atoms with E-state index < -0.39 is 0 Å². The van der Waals surface area contributed by atoms with E-state index in [-0.39, 0.29) is 5.91 Å². The normalized spacial score (nSPS) is 13.6. The number of benzene rings is 3. The Morgan fingerprint density at radius 2 is 1.42 bits per heavy atom. The predicted octanol–water partition coefficient (Wildman–Crippen LogP) is 11.4. The summed E-state index contributed by atoms with van der Waals surface area (Å²) in [5.74, 6) is 0.120. The molecule has 1 aromatic heterocycles. The van der Waals surface area contributed by atoms with Crippen molar-refractivity contribution < 1.29 is 9.59 Å². The number of rotatable bonds is 21. The second kappa shape index (κ2) is 22.4. The molecule has 2 amide bonds. The van der Waals surface area contributed by atoms with Crippen molar-refractivity contribution in [1.82, 2.24) is 24.9 Å². The van der Waals surface area contributed by atoms with Crippen LogP contribution in [0.2, 0.25) is 15.1 Å². The number of halogens is 3. The van der Waals surface area contributed by atoms with E-state index in [0.717, 1.165) is 81.5 Å². The lowest BCUT2D eigenvalue weighted by atomic mass is 10.0. The van der Waals surface area contributed by atoms with E-state index in [9.17, 15) is 9.59 Å². The predicted molar refractivity (Wildman–Crippen MR) is 229 cm³/mol. The molecule has 2 heterocycles. The molecule has 0 spiro atoms. The van der Waals surface area contributed by atoms with E-state index in [1.807, 2.05) is 44.2 Å². The van der Waals surface area contributed by atoms with Gasteiger partial charge in [-0.25, -0.2) is 4.68 Å². The average molecular weight is 807 g/mol. The molecule has 10 heteroatoms. The maximum Gasteiger partial charge on any atom is 0.272 e. The highest BCUT2D eigenvalue weighted by molar-refractivity contribution is 6.35. The Balaban J connectivity index is 0.943. The summed E-state index contributed by atoms with van der Waals surface area (Å²) in [5.41, 5.74) is 4.84. The smallest absolute Gasteiger partial charge is 0.272 e. The highest BCUT2D eigenvalue weighted by atomic mass is 35.5. The number of hydrogen-bond acceptors (Lipinski definition) is 4. The zero-order valence-corrected chi connectivity index (χ0v) is 34.9. The molecule has 0 bridgehead atoms. The maximum atomic E-state index is 13.3. The molecule has 1 aliphatic heterocycles. The number of piperidine rings is 1. The first kappa shape index (κ1) is 42.8. The first-order chi connectivity index (χ1) is 26.7. The quantitative estimate of drug-likeness (QED) is 0.0852. The molecule has 5 rings (SSSR count). The van der Waals surface area contributed by atoms with Crippen molar-refractivity contribution in [3.8, 4) is 16.9 Å². The average Bonchev–Trinajstić information content (AvgIpc) is 3.54. The summed E-state index contributed by atoms with van der Waals surface area (Å²) >= 11 is 18.9. The van der Waals surface area contributed by atoms with E-state index in [0.29, 0.717) is 51.4 Å². The third-order valence-electron chi connectivity index (χ3n) is 10.9. The molecule has 1 aliphatic rings. The Hall–Kier alpha value is -3.36. The van der Waals surface area contributed by atoms with Crippen molar-refractivity contribution in [2.45, 2.75) is 110 Å². The maximum absolute atomic E-state index is 13.3. The van der Waals surface area contributed by atoms with Gasteiger partial charge in [-0.3, -0.25) is 9.59 Å². The Labute approximate surface area is 343 Å². The van der Waals surface area contributed by atoms with Crippen LogP contribution in [0.3, 0.4) is 0 Å². The molecule has 0 saturated carbocycles. The minimum Gasteiger partial charge on any atom is -0.351 e. The third-order valence-corrected chi connectivity index (χ3v) is 11.7. The fraction of sp³-hybridized carbons (Fsp3) is 0.489. The summed E-state index contributed by atoms with van der Waals surface area (Å²) in [6.45, 7) is 8.68. The minimum atomic E-state index is -0.196. The fourth-order valence-corrected chi connectivity index (χ4v) is 8.31. The summed E-state index contributed by atoms with van der Waals surface area (Å²) in [6, 6.07) is 23.8. The Bertz CT molecular complexity index is 1790. The molecule has 55 heavy (non-hydrogen) atoms. The number of carbonyl (C=O) groups excluding carboxylic acids is 2. The molecule has 0 unspecified atom stereocenters. The molecule has 296 valence electrons. The van der Waals surface area contributed by atoms with E-state index in [1.165, 1.54) is 50.5 Å². The third kappa shape index (κ3) is 12.8. The number of amides is 2.